The minimum Gasteiger partial charge on any atom is -0.274 e. The molecule has 1 aliphatic rings. The molecule has 1 aromatic heterocycles. The Morgan fingerprint density at radius 3 is 2.56 bits per heavy atom. The summed E-state index contributed by atoms with van der Waals surface area (Å²) in [6.45, 7) is 4.04. The van der Waals surface area contributed by atoms with Gasteiger partial charge < -0.3 is 0 Å². The van der Waals surface area contributed by atoms with Crippen molar-refractivity contribution in [3.8, 4) is 6.07 Å². The third-order valence-corrected chi connectivity index (χ3v) is 5.15. The Hall–Kier alpha value is -2.65. The highest BCUT2D eigenvalue weighted by atomic mass is 32.2. The normalized spacial score (nSPS) is 17.2. The maximum absolute atomic E-state index is 12.7. The third-order valence-electron chi connectivity index (χ3n) is 3.97. The Kier molecular flexibility index (Phi) is 4.86. The zero-order chi connectivity index (χ0) is 18.0. The van der Waals surface area contributed by atoms with Crippen molar-refractivity contribution in [3.63, 3.8) is 0 Å². The van der Waals surface area contributed by atoms with Crippen molar-refractivity contribution in [1.82, 2.24) is 4.98 Å². The van der Waals surface area contributed by atoms with Gasteiger partial charge in [-0.25, -0.2) is 9.88 Å². The molecule has 1 aliphatic heterocycles. The number of imide groups is 1. The highest BCUT2D eigenvalue weighted by Gasteiger charge is 2.40. The number of carbonyl (C=O) groups excluding carboxylic acids is 2. The van der Waals surface area contributed by atoms with Crippen molar-refractivity contribution >= 4 is 29.3 Å². The molecule has 126 valence electrons. The Morgan fingerprint density at radius 1 is 1.20 bits per heavy atom. The van der Waals surface area contributed by atoms with Crippen molar-refractivity contribution in [2.45, 2.75) is 36.5 Å². The van der Waals surface area contributed by atoms with Crippen LogP contribution in [0.25, 0.3) is 0 Å². The lowest BCUT2D eigenvalue weighted by atomic mass is 10.1. The monoisotopic (exact) mass is 351 g/mol. The van der Waals surface area contributed by atoms with E-state index < -0.39 is 5.25 Å². The van der Waals surface area contributed by atoms with Gasteiger partial charge in [-0.1, -0.05) is 43.8 Å². The van der Waals surface area contributed by atoms with Gasteiger partial charge in [0.25, 0.3) is 0 Å². The fourth-order valence-electron chi connectivity index (χ4n) is 2.63. The molecule has 1 atom stereocenters. The Bertz CT molecular complexity index is 859. The van der Waals surface area contributed by atoms with E-state index in [-0.39, 0.29) is 24.2 Å². The molecule has 0 spiro atoms. The zero-order valence-corrected chi connectivity index (χ0v) is 14.8. The number of rotatable bonds is 4. The highest BCUT2D eigenvalue weighted by Crippen LogP contribution is 2.35. The predicted octanol–water partition coefficient (Wildman–Crippen LogP) is 3.50. The number of hydrogen-bond donors (Lipinski definition) is 0. The molecule has 2 amide bonds. The highest BCUT2D eigenvalue weighted by molar-refractivity contribution is 8.00. The molecule has 2 heterocycles. The van der Waals surface area contributed by atoms with E-state index in [0.29, 0.717) is 16.3 Å². The molecule has 0 saturated carbocycles. The van der Waals surface area contributed by atoms with E-state index in [0.717, 1.165) is 5.69 Å². The van der Waals surface area contributed by atoms with Gasteiger partial charge in [-0.15, -0.1) is 0 Å². The second-order valence-corrected chi connectivity index (χ2v) is 7.26. The summed E-state index contributed by atoms with van der Waals surface area (Å²) in [5.74, 6) is -0.275. The SMILES string of the molecule is CC(C)c1ccc(C#N)c(S[C@@H]2CC(=O)N(c3ccccc3)C2=O)n1. The molecule has 1 saturated heterocycles. The van der Waals surface area contributed by atoms with E-state index >= 15 is 0 Å². The van der Waals surface area contributed by atoms with E-state index in [9.17, 15) is 14.9 Å². The van der Waals surface area contributed by atoms with Crippen molar-refractivity contribution in [2.75, 3.05) is 4.90 Å². The van der Waals surface area contributed by atoms with Crippen LogP contribution in [-0.4, -0.2) is 22.0 Å². The zero-order valence-electron chi connectivity index (χ0n) is 14.0. The summed E-state index contributed by atoms with van der Waals surface area (Å²) in [6, 6.07) is 14.5. The van der Waals surface area contributed by atoms with Crippen LogP contribution in [0.2, 0.25) is 0 Å². The smallest absolute Gasteiger partial charge is 0.247 e. The maximum atomic E-state index is 12.7. The fourth-order valence-corrected chi connectivity index (χ4v) is 3.73. The molecule has 0 aliphatic carbocycles. The average molecular weight is 351 g/mol. The molecule has 2 aromatic rings. The van der Waals surface area contributed by atoms with Crippen LogP contribution in [0.5, 0.6) is 0 Å². The van der Waals surface area contributed by atoms with E-state index in [2.05, 4.69) is 11.1 Å². The number of amides is 2. The standard InChI is InChI=1S/C19H17N3O2S/c1-12(2)15-9-8-13(11-20)18(21-15)25-16-10-17(23)22(19(16)24)14-6-4-3-5-7-14/h3-9,12,16H,10H2,1-2H3/t16-/m1/s1. The van der Waals surface area contributed by atoms with Crippen LogP contribution in [0, 0.1) is 11.3 Å². The number of anilines is 1. The number of hydrogen-bond acceptors (Lipinski definition) is 5. The molecule has 0 N–H and O–H groups in total. The molecule has 0 radical (unpaired) electrons. The van der Waals surface area contributed by atoms with Crippen LogP contribution in [0.4, 0.5) is 5.69 Å². The topological polar surface area (TPSA) is 74.1 Å². The molecule has 25 heavy (non-hydrogen) atoms. The largest absolute Gasteiger partial charge is 0.274 e. The minimum atomic E-state index is -0.560. The predicted molar refractivity (Wildman–Crippen MR) is 96.2 cm³/mol. The van der Waals surface area contributed by atoms with Gasteiger partial charge in [0, 0.05) is 12.1 Å². The fraction of sp³-hybridized carbons (Fsp3) is 0.263. The molecular formula is C19H17N3O2S. The summed E-state index contributed by atoms with van der Waals surface area (Å²) in [6.07, 6.45) is 0.108. The molecule has 0 unspecified atom stereocenters. The number of nitrogens with zero attached hydrogens (tertiary/aromatic N) is 3. The van der Waals surface area contributed by atoms with Gasteiger partial charge in [-0.2, -0.15) is 5.26 Å². The van der Waals surface area contributed by atoms with Crippen LogP contribution in [0.3, 0.4) is 0 Å². The van der Waals surface area contributed by atoms with Gasteiger partial charge in [-0.05, 0) is 30.2 Å². The van der Waals surface area contributed by atoms with Crippen LogP contribution >= 0.6 is 11.8 Å². The molecular weight excluding hydrogens is 334 g/mol. The molecule has 1 aromatic carbocycles. The van der Waals surface area contributed by atoms with Crippen molar-refractivity contribution < 1.29 is 9.59 Å². The van der Waals surface area contributed by atoms with Crippen molar-refractivity contribution in [3.05, 3.63) is 53.7 Å². The molecule has 0 bridgehead atoms. The van der Waals surface area contributed by atoms with Crippen LogP contribution in [0.1, 0.15) is 37.4 Å². The maximum Gasteiger partial charge on any atom is 0.247 e. The van der Waals surface area contributed by atoms with E-state index in [1.807, 2.05) is 26.0 Å². The average Bonchev–Trinajstić information content (AvgIpc) is 2.89. The Morgan fingerprint density at radius 2 is 1.92 bits per heavy atom. The van der Waals surface area contributed by atoms with Gasteiger partial charge in [0.15, 0.2) is 0 Å². The van der Waals surface area contributed by atoms with Crippen molar-refractivity contribution in [1.29, 1.82) is 5.26 Å². The second-order valence-electron chi connectivity index (χ2n) is 6.07. The number of carbonyl (C=O) groups is 2. The molecule has 6 heteroatoms. The van der Waals surface area contributed by atoms with E-state index in [4.69, 9.17) is 0 Å². The van der Waals surface area contributed by atoms with Crippen LogP contribution < -0.4 is 4.90 Å². The van der Waals surface area contributed by atoms with Gasteiger partial charge >= 0.3 is 0 Å². The second kappa shape index (κ2) is 7.08. The number of thioether (sulfide) groups is 1. The van der Waals surface area contributed by atoms with E-state index in [1.54, 1.807) is 30.3 Å². The first-order chi connectivity index (χ1) is 12.0. The van der Waals surface area contributed by atoms with Gasteiger partial charge in [-0.3, -0.25) is 9.59 Å². The summed E-state index contributed by atoms with van der Waals surface area (Å²) >= 11 is 1.20. The summed E-state index contributed by atoms with van der Waals surface area (Å²) < 4.78 is 0. The minimum absolute atomic E-state index is 0.108. The van der Waals surface area contributed by atoms with Gasteiger partial charge in [0.05, 0.1) is 16.5 Å². The van der Waals surface area contributed by atoms with Crippen LogP contribution in [0.15, 0.2) is 47.5 Å². The number of nitriles is 1. The number of aromatic nitrogens is 1. The first-order valence-corrected chi connectivity index (χ1v) is 8.88. The Balaban J connectivity index is 1.87. The number of benzene rings is 1. The molecule has 5 nitrogen and oxygen atoms in total. The summed E-state index contributed by atoms with van der Waals surface area (Å²) in [5, 5.41) is 9.25. The lowest BCUT2D eigenvalue weighted by Crippen LogP contribution is -2.31. The summed E-state index contributed by atoms with van der Waals surface area (Å²) in [5.41, 5.74) is 1.86. The molecule has 1 fully saturated rings. The quantitative estimate of drug-likeness (QED) is 0.788. The summed E-state index contributed by atoms with van der Waals surface area (Å²) in [4.78, 5) is 30.8. The van der Waals surface area contributed by atoms with Gasteiger partial charge in [0.2, 0.25) is 11.8 Å². The van der Waals surface area contributed by atoms with Crippen LogP contribution in [-0.2, 0) is 9.59 Å². The summed E-state index contributed by atoms with van der Waals surface area (Å²) in [7, 11) is 0. The number of pyridine rings is 1. The Labute approximate surface area is 150 Å². The van der Waals surface area contributed by atoms with Gasteiger partial charge in [0.1, 0.15) is 11.1 Å². The third kappa shape index (κ3) is 3.42. The lowest BCUT2D eigenvalue weighted by molar-refractivity contribution is -0.121. The lowest BCUT2D eigenvalue weighted by Gasteiger charge is -2.15. The number of para-hydroxylation sites is 1. The first-order valence-electron chi connectivity index (χ1n) is 8.00. The van der Waals surface area contributed by atoms with E-state index in [1.165, 1.54) is 16.7 Å². The molecule has 3 rings (SSSR count). The van der Waals surface area contributed by atoms with Crippen molar-refractivity contribution in [2.24, 2.45) is 0 Å². The first kappa shape index (κ1) is 17.2.